The number of unbranched alkanes of at least 4 members (excludes halogenated alkanes) is 1. The molecule has 2 aromatic rings. The summed E-state index contributed by atoms with van der Waals surface area (Å²) < 4.78 is 1.91. The van der Waals surface area contributed by atoms with Gasteiger partial charge in [0, 0.05) is 22.7 Å². The van der Waals surface area contributed by atoms with Crippen molar-refractivity contribution in [1.82, 2.24) is 4.57 Å². The SMILES string of the molecule is CCCCn1c(C(C)C)ccc(C(N)c2cccs2)c1=O. The van der Waals surface area contributed by atoms with Gasteiger partial charge in [0.25, 0.3) is 5.56 Å². The highest BCUT2D eigenvalue weighted by atomic mass is 32.1. The molecule has 3 nitrogen and oxygen atoms in total. The Morgan fingerprint density at radius 3 is 2.62 bits per heavy atom. The van der Waals surface area contributed by atoms with Gasteiger partial charge in [-0.3, -0.25) is 4.79 Å². The molecule has 0 saturated carbocycles. The van der Waals surface area contributed by atoms with Gasteiger partial charge in [0.1, 0.15) is 0 Å². The van der Waals surface area contributed by atoms with E-state index in [1.165, 1.54) is 0 Å². The molecule has 0 aromatic carbocycles. The molecule has 2 N–H and O–H groups in total. The first-order valence-electron chi connectivity index (χ1n) is 7.58. The van der Waals surface area contributed by atoms with Crippen LogP contribution in [0, 0.1) is 0 Å². The van der Waals surface area contributed by atoms with Crippen molar-refractivity contribution in [2.45, 2.75) is 52.1 Å². The van der Waals surface area contributed by atoms with Crippen molar-refractivity contribution in [2.75, 3.05) is 0 Å². The fourth-order valence-electron chi connectivity index (χ4n) is 2.52. The highest BCUT2D eigenvalue weighted by Crippen LogP contribution is 2.23. The molecule has 1 unspecified atom stereocenters. The quantitative estimate of drug-likeness (QED) is 0.880. The van der Waals surface area contributed by atoms with E-state index in [1.54, 1.807) is 11.3 Å². The fraction of sp³-hybridized carbons (Fsp3) is 0.471. The maximum Gasteiger partial charge on any atom is 0.255 e. The van der Waals surface area contributed by atoms with E-state index < -0.39 is 0 Å². The fourth-order valence-corrected chi connectivity index (χ4v) is 3.26. The summed E-state index contributed by atoms with van der Waals surface area (Å²) in [5, 5.41) is 1.99. The van der Waals surface area contributed by atoms with E-state index in [0.29, 0.717) is 11.5 Å². The van der Waals surface area contributed by atoms with Crippen molar-refractivity contribution in [3.05, 3.63) is 56.1 Å². The molecule has 0 bridgehead atoms. The van der Waals surface area contributed by atoms with Gasteiger partial charge in [0.05, 0.1) is 6.04 Å². The van der Waals surface area contributed by atoms with E-state index in [1.807, 2.05) is 28.1 Å². The van der Waals surface area contributed by atoms with Crippen LogP contribution in [0.4, 0.5) is 0 Å². The number of hydrogen-bond acceptors (Lipinski definition) is 3. The first-order valence-corrected chi connectivity index (χ1v) is 8.46. The molecular weight excluding hydrogens is 280 g/mol. The highest BCUT2D eigenvalue weighted by molar-refractivity contribution is 7.10. The molecule has 2 rings (SSSR count). The van der Waals surface area contributed by atoms with Gasteiger partial charge in [0.2, 0.25) is 0 Å². The van der Waals surface area contributed by atoms with E-state index in [4.69, 9.17) is 5.73 Å². The first-order chi connectivity index (χ1) is 10.1. The summed E-state index contributed by atoms with van der Waals surface area (Å²) in [7, 11) is 0. The number of aromatic nitrogens is 1. The summed E-state index contributed by atoms with van der Waals surface area (Å²) in [6.45, 7) is 7.15. The zero-order valence-electron chi connectivity index (χ0n) is 13.0. The normalized spacial score (nSPS) is 12.8. The molecule has 0 amide bonds. The molecule has 0 aliphatic rings. The van der Waals surface area contributed by atoms with Crippen LogP contribution >= 0.6 is 11.3 Å². The third kappa shape index (κ3) is 3.44. The molecule has 114 valence electrons. The Balaban J connectivity index is 2.46. The van der Waals surface area contributed by atoms with Gasteiger partial charge in [-0.15, -0.1) is 11.3 Å². The van der Waals surface area contributed by atoms with E-state index in [2.05, 4.69) is 26.8 Å². The number of rotatable bonds is 6. The Morgan fingerprint density at radius 1 is 1.29 bits per heavy atom. The lowest BCUT2D eigenvalue weighted by Gasteiger charge is -2.19. The maximum atomic E-state index is 12.8. The smallest absolute Gasteiger partial charge is 0.255 e. The average Bonchev–Trinajstić information content (AvgIpc) is 2.99. The maximum absolute atomic E-state index is 12.8. The van der Waals surface area contributed by atoms with Crippen molar-refractivity contribution in [1.29, 1.82) is 0 Å². The van der Waals surface area contributed by atoms with Gasteiger partial charge >= 0.3 is 0 Å². The van der Waals surface area contributed by atoms with Gasteiger partial charge in [0.15, 0.2) is 0 Å². The van der Waals surface area contributed by atoms with Crippen molar-refractivity contribution >= 4 is 11.3 Å². The summed E-state index contributed by atoms with van der Waals surface area (Å²) in [6.07, 6.45) is 2.09. The van der Waals surface area contributed by atoms with Crippen molar-refractivity contribution in [2.24, 2.45) is 5.73 Å². The third-order valence-electron chi connectivity index (χ3n) is 3.75. The number of thiophene rings is 1. The molecule has 2 heterocycles. The van der Waals surface area contributed by atoms with Crippen LogP contribution in [0.5, 0.6) is 0 Å². The minimum Gasteiger partial charge on any atom is -0.319 e. The number of nitrogens with zero attached hydrogens (tertiary/aromatic N) is 1. The second-order valence-electron chi connectivity index (χ2n) is 5.67. The molecule has 0 aliphatic heterocycles. The number of nitrogens with two attached hydrogens (primary N) is 1. The number of hydrogen-bond donors (Lipinski definition) is 1. The van der Waals surface area contributed by atoms with Crippen LogP contribution in [0.1, 0.15) is 61.7 Å². The molecule has 1 atom stereocenters. The predicted octanol–water partition coefficient (Wildman–Crippen LogP) is 3.88. The standard InChI is InChI=1S/C17H24N2OS/c1-4-5-10-19-14(12(2)3)9-8-13(17(19)20)16(18)15-7-6-11-21-15/h6-9,11-12,16H,4-5,10,18H2,1-3H3. The largest absolute Gasteiger partial charge is 0.319 e. The van der Waals surface area contributed by atoms with Crippen molar-refractivity contribution < 1.29 is 0 Å². The predicted molar refractivity (Wildman–Crippen MR) is 90.0 cm³/mol. The zero-order valence-corrected chi connectivity index (χ0v) is 13.8. The lowest BCUT2D eigenvalue weighted by molar-refractivity contribution is 0.563. The Hall–Kier alpha value is -1.39. The second-order valence-corrected chi connectivity index (χ2v) is 6.65. The molecule has 0 saturated heterocycles. The summed E-state index contributed by atoms with van der Waals surface area (Å²) in [4.78, 5) is 13.9. The van der Waals surface area contributed by atoms with E-state index in [9.17, 15) is 4.79 Å². The Morgan fingerprint density at radius 2 is 2.05 bits per heavy atom. The Kier molecular flexibility index (Phi) is 5.37. The van der Waals surface area contributed by atoms with Gasteiger partial charge < -0.3 is 10.3 Å². The van der Waals surface area contributed by atoms with Crippen molar-refractivity contribution in [3.8, 4) is 0 Å². The Labute approximate surface area is 130 Å². The topological polar surface area (TPSA) is 48.0 Å². The van der Waals surface area contributed by atoms with E-state index in [-0.39, 0.29) is 11.6 Å². The van der Waals surface area contributed by atoms with E-state index >= 15 is 0 Å². The molecule has 21 heavy (non-hydrogen) atoms. The first kappa shape index (κ1) is 16.0. The highest BCUT2D eigenvalue weighted by Gasteiger charge is 2.17. The number of pyridine rings is 1. The second kappa shape index (κ2) is 7.05. The molecule has 4 heteroatoms. The van der Waals surface area contributed by atoms with Gasteiger partial charge in [-0.05, 0) is 35.9 Å². The lowest BCUT2D eigenvalue weighted by atomic mass is 10.0. The summed E-state index contributed by atoms with van der Waals surface area (Å²) in [5.74, 6) is 0.335. The van der Waals surface area contributed by atoms with Crippen LogP contribution in [0.15, 0.2) is 34.4 Å². The molecule has 0 fully saturated rings. The van der Waals surface area contributed by atoms with Crippen LogP contribution < -0.4 is 11.3 Å². The van der Waals surface area contributed by atoms with Crippen LogP contribution in [0.25, 0.3) is 0 Å². The van der Waals surface area contributed by atoms with Crippen LogP contribution in [0.2, 0.25) is 0 Å². The van der Waals surface area contributed by atoms with Gasteiger partial charge in [-0.1, -0.05) is 33.3 Å². The van der Waals surface area contributed by atoms with Crippen LogP contribution in [-0.4, -0.2) is 4.57 Å². The summed E-state index contributed by atoms with van der Waals surface area (Å²) >= 11 is 1.60. The molecule has 0 spiro atoms. The molecule has 2 aromatic heterocycles. The van der Waals surface area contributed by atoms with Crippen LogP contribution in [0.3, 0.4) is 0 Å². The molecule has 0 radical (unpaired) electrons. The molecule has 0 aliphatic carbocycles. The van der Waals surface area contributed by atoms with Crippen molar-refractivity contribution in [3.63, 3.8) is 0 Å². The minimum atomic E-state index is -0.327. The average molecular weight is 304 g/mol. The minimum absolute atomic E-state index is 0.0653. The van der Waals surface area contributed by atoms with Gasteiger partial charge in [-0.25, -0.2) is 0 Å². The summed E-state index contributed by atoms with van der Waals surface area (Å²) in [6, 6.07) is 7.60. The zero-order chi connectivity index (χ0) is 15.4. The van der Waals surface area contributed by atoms with E-state index in [0.717, 1.165) is 30.0 Å². The third-order valence-corrected chi connectivity index (χ3v) is 4.70. The summed E-state index contributed by atoms with van der Waals surface area (Å²) in [5.41, 5.74) is 8.13. The lowest BCUT2D eigenvalue weighted by Crippen LogP contribution is -2.31. The monoisotopic (exact) mass is 304 g/mol. The van der Waals surface area contributed by atoms with Gasteiger partial charge in [-0.2, -0.15) is 0 Å². The Bertz CT molecular complexity index is 629. The van der Waals surface area contributed by atoms with Crippen LogP contribution in [-0.2, 0) is 6.54 Å². The molecular formula is C17H24N2OS.